The summed E-state index contributed by atoms with van der Waals surface area (Å²) in [6, 6.07) is 7.20. The number of amides is 2. The zero-order chi connectivity index (χ0) is 22.1. The van der Waals surface area contributed by atoms with Crippen molar-refractivity contribution in [3.05, 3.63) is 47.9 Å². The minimum absolute atomic E-state index is 0.0180. The summed E-state index contributed by atoms with van der Waals surface area (Å²) >= 11 is 0. The first-order chi connectivity index (χ1) is 15.6. The first-order valence-electron chi connectivity index (χ1n) is 11.4. The molecule has 1 aromatic carbocycles. The lowest BCUT2D eigenvalue weighted by atomic mass is 9.95. The Balaban J connectivity index is 1.32. The van der Waals surface area contributed by atoms with Crippen molar-refractivity contribution in [2.45, 2.75) is 45.4 Å². The number of nitrogens with zero attached hydrogens (tertiary/aromatic N) is 4. The van der Waals surface area contributed by atoms with Crippen LogP contribution in [0.25, 0.3) is 5.52 Å². The van der Waals surface area contributed by atoms with Crippen LogP contribution >= 0.6 is 0 Å². The quantitative estimate of drug-likeness (QED) is 0.659. The van der Waals surface area contributed by atoms with Crippen LogP contribution in [0.15, 0.2) is 36.7 Å². The van der Waals surface area contributed by atoms with Gasteiger partial charge in [-0.15, -0.1) is 0 Å². The number of hydrogen-bond donors (Lipinski definition) is 2. The van der Waals surface area contributed by atoms with Crippen molar-refractivity contribution in [1.82, 2.24) is 14.6 Å². The van der Waals surface area contributed by atoms with E-state index < -0.39 is 0 Å². The lowest BCUT2D eigenvalue weighted by molar-refractivity contribution is -0.120. The monoisotopic (exact) mass is 432 g/mol. The molecule has 3 heterocycles. The summed E-state index contributed by atoms with van der Waals surface area (Å²) < 4.78 is 1.97. The summed E-state index contributed by atoms with van der Waals surface area (Å²) in [5.74, 6) is 0.733. The largest absolute Gasteiger partial charge is 0.354 e. The summed E-state index contributed by atoms with van der Waals surface area (Å²) in [7, 11) is 0. The molecule has 1 aliphatic carbocycles. The average Bonchev–Trinajstić information content (AvgIpc) is 3.19. The molecule has 2 aliphatic rings. The molecule has 5 rings (SSSR count). The Hall–Kier alpha value is -3.42. The van der Waals surface area contributed by atoms with Gasteiger partial charge in [-0.3, -0.25) is 9.59 Å². The van der Waals surface area contributed by atoms with Crippen molar-refractivity contribution in [1.29, 1.82) is 0 Å². The molecule has 0 saturated carbocycles. The third-order valence-corrected chi connectivity index (χ3v) is 6.36. The molecule has 8 nitrogen and oxygen atoms in total. The highest BCUT2D eigenvalue weighted by Crippen LogP contribution is 2.32. The third kappa shape index (κ3) is 4.04. The molecule has 0 bridgehead atoms. The van der Waals surface area contributed by atoms with E-state index in [1.807, 2.05) is 22.8 Å². The lowest BCUT2D eigenvalue weighted by Crippen LogP contribution is -2.41. The second kappa shape index (κ2) is 8.61. The van der Waals surface area contributed by atoms with Crippen LogP contribution in [0.5, 0.6) is 0 Å². The molecule has 2 amide bonds. The van der Waals surface area contributed by atoms with Crippen LogP contribution in [0, 0.1) is 5.92 Å². The number of benzene rings is 1. The second-order valence-corrected chi connectivity index (χ2v) is 8.71. The Morgan fingerprint density at radius 1 is 1.03 bits per heavy atom. The van der Waals surface area contributed by atoms with Gasteiger partial charge in [-0.2, -0.15) is 5.10 Å². The van der Waals surface area contributed by atoms with Crippen molar-refractivity contribution in [2.24, 2.45) is 5.92 Å². The molecule has 32 heavy (non-hydrogen) atoms. The Labute approximate surface area is 187 Å². The van der Waals surface area contributed by atoms with E-state index in [4.69, 9.17) is 10.1 Å². The second-order valence-electron chi connectivity index (χ2n) is 8.71. The van der Waals surface area contributed by atoms with Gasteiger partial charge in [0.15, 0.2) is 5.82 Å². The maximum absolute atomic E-state index is 13.0. The first kappa shape index (κ1) is 20.5. The van der Waals surface area contributed by atoms with Gasteiger partial charge in [-0.05, 0) is 62.8 Å². The Morgan fingerprint density at radius 2 is 1.78 bits per heavy atom. The van der Waals surface area contributed by atoms with Crippen LogP contribution in [0.1, 0.15) is 43.9 Å². The fourth-order valence-corrected chi connectivity index (χ4v) is 4.85. The van der Waals surface area contributed by atoms with Crippen LogP contribution in [-0.4, -0.2) is 39.5 Å². The SMILES string of the molecule is CC(=O)Nc1ccc(NC(=O)[C@H]2CCCN(c3nccn4nc5c(c34)CCCC5)C2)cc1. The topological polar surface area (TPSA) is 91.6 Å². The fourth-order valence-electron chi connectivity index (χ4n) is 4.85. The van der Waals surface area contributed by atoms with E-state index in [9.17, 15) is 9.59 Å². The molecule has 1 saturated heterocycles. The van der Waals surface area contributed by atoms with Crippen molar-refractivity contribution in [3.8, 4) is 0 Å². The molecule has 1 atom stereocenters. The van der Waals surface area contributed by atoms with Crippen molar-refractivity contribution >= 4 is 34.5 Å². The van der Waals surface area contributed by atoms with E-state index in [1.165, 1.54) is 31.0 Å². The number of fused-ring (bicyclic) bond motifs is 3. The summed E-state index contributed by atoms with van der Waals surface area (Å²) in [6.07, 6.45) is 9.99. The predicted octanol–water partition coefficient (Wildman–Crippen LogP) is 3.42. The van der Waals surface area contributed by atoms with Gasteiger partial charge in [0.2, 0.25) is 11.8 Å². The molecule has 0 radical (unpaired) electrons. The molecule has 0 spiro atoms. The number of aryl methyl sites for hydroxylation is 2. The van der Waals surface area contributed by atoms with Gasteiger partial charge < -0.3 is 15.5 Å². The molecular weight excluding hydrogens is 404 g/mol. The molecule has 1 fully saturated rings. The number of anilines is 3. The molecule has 0 unspecified atom stereocenters. The van der Waals surface area contributed by atoms with Crippen LogP contribution in [0.2, 0.25) is 0 Å². The van der Waals surface area contributed by atoms with Crippen LogP contribution in [0.4, 0.5) is 17.2 Å². The standard InChI is InChI=1S/C24H28N6O2/c1-16(31)26-18-8-10-19(11-9-18)27-24(32)17-5-4-13-29(15-17)23-22-20-6-2-3-7-21(20)28-30(22)14-12-25-23/h8-12,14,17H,2-7,13,15H2,1H3,(H,26,31)(H,27,32)/t17-/m0/s1. The highest BCUT2D eigenvalue weighted by molar-refractivity contribution is 5.94. The minimum atomic E-state index is -0.118. The van der Waals surface area contributed by atoms with Crippen LogP contribution in [0.3, 0.4) is 0 Å². The van der Waals surface area contributed by atoms with Crippen LogP contribution in [-0.2, 0) is 22.4 Å². The Kier molecular flexibility index (Phi) is 5.51. The van der Waals surface area contributed by atoms with Crippen LogP contribution < -0.4 is 15.5 Å². The molecule has 3 aromatic rings. The Bertz CT molecular complexity index is 1150. The normalized spacial score (nSPS) is 18.3. The zero-order valence-corrected chi connectivity index (χ0v) is 18.3. The smallest absolute Gasteiger partial charge is 0.229 e. The molecule has 166 valence electrons. The van der Waals surface area contributed by atoms with E-state index >= 15 is 0 Å². The molecule has 2 N–H and O–H groups in total. The van der Waals surface area contributed by atoms with Gasteiger partial charge in [-0.25, -0.2) is 9.50 Å². The van der Waals surface area contributed by atoms with E-state index in [0.29, 0.717) is 12.2 Å². The summed E-state index contributed by atoms with van der Waals surface area (Å²) in [6.45, 7) is 3.00. The number of hydrogen-bond acceptors (Lipinski definition) is 5. The predicted molar refractivity (Wildman–Crippen MR) is 124 cm³/mol. The number of carbonyl (C=O) groups excluding carboxylic acids is 2. The number of rotatable bonds is 4. The Morgan fingerprint density at radius 3 is 2.56 bits per heavy atom. The maximum atomic E-state index is 13.0. The molecular formula is C24H28N6O2. The molecule has 2 aromatic heterocycles. The lowest BCUT2D eigenvalue weighted by Gasteiger charge is -2.33. The van der Waals surface area contributed by atoms with E-state index in [0.717, 1.165) is 49.2 Å². The van der Waals surface area contributed by atoms with Gasteiger partial charge >= 0.3 is 0 Å². The number of piperidine rings is 1. The fraction of sp³-hybridized carbons (Fsp3) is 0.417. The highest BCUT2D eigenvalue weighted by atomic mass is 16.2. The van der Waals surface area contributed by atoms with Crippen molar-refractivity contribution in [3.63, 3.8) is 0 Å². The zero-order valence-electron chi connectivity index (χ0n) is 18.3. The number of nitrogens with one attached hydrogen (secondary N) is 2. The molecule has 8 heteroatoms. The summed E-state index contributed by atoms with van der Waals surface area (Å²) in [5, 5.41) is 10.6. The van der Waals surface area contributed by atoms with E-state index in [2.05, 4.69) is 15.5 Å². The average molecular weight is 433 g/mol. The van der Waals surface area contributed by atoms with Gasteiger partial charge in [0, 0.05) is 49.3 Å². The molecule has 1 aliphatic heterocycles. The first-order valence-corrected chi connectivity index (χ1v) is 11.4. The van der Waals surface area contributed by atoms with E-state index in [1.54, 1.807) is 18.3 Å². The minimum Gasteiger partial charge on any atom is -0.354 e. The van der Waals surface area contributed by atoms with Gasteiger partial charge in [0.1, 0.15) is 5.52 Å². The number of aromatic nitrogens is 3. The van der Waals surface area contributed by atoms with Gasteiger partial charge in [0.25, 0.3) is 0 Å². The maximum Gasteiger partial charge on any atom is 0.229 e. The van der Waals surface area contributed by atoms with Gasteiger partial charge in [0.05, 0.1) is 11.6 Å². The van der Waals surface area contributed by atoms with E-state index in [-0.39, 0.29) is 17.7 Å². The highest BCUT2D eigenvalue weighted by Gasteiger charge is 2.29. The third-order valence-electron chi connectivity index (χ3n) is 6.36. The van der Waals surface area contributed by atoms with Gasteiger partial charge in [-0.1, -0.05) is 0 Å². The van der Waals surface area contributed by atoms with Crippen molar-refractivity contribution < 1.29 is 9.59 Å². The van der Waals surface area contributed by atoms with Crippen molar-refractivity contribution in [2.75, 3.05) is 28.6 Å². The summed E-state index contributed by atoms with van der Waals surface area (Å²) in [5.41, 5.74) is 5.07. The summed E-state index contributed by atoms with van der Waals surface area (Å²) in [4.78, 5) is 31.2. The number of carbonyl (C=O) groups is 2.